The molecule has 0 aliphatic carbocycles. The molecule has 0 radical (unpaired) electrons. The van der Waals surface area contributed by atoms with Crippen molar-refractivity contribution in [1.29, 1.82) is 0 Å². The number of nitrogens with zero attached hydrogens (tertiary/aromatic N) is 1. The molecule has 0 heterocycles. The summed E-state index contributed by atoms with van der Waals surface area (Å²) in [4.78, 5) is 13.8. The fraction of sp³-hybridized carbons (Fsp3) is 0.188. The van der Waals surface area contributed by atoms with Crippen LogP contribution in [-0.4, -0.2) is 27.2 Å². The molecule has 0 aliphatic rings. The van der Waals surface area contributed by atoms with Gasteiger partial charge in [-0.2, -0.15) is 0 Å². The van der Waals surface area contributed by atoms with E-state index in [2.05, 4.69) is 0 Å². The van der Waals surface area contributed by atoms with Crippen LogP contribution >= 0.6 is 0 Å². The average molecular weight is 289 g/mol. The molecule has 0 fully saturated rings. The number of carbonyl (C=O) groups excluding carboxylic acids is 1. The smallest absolute Gasteiger partial charge is 0.258 e. The van der Waals surface area contributed by atoms with Gasteiger partial charge in [-0.1, -0.05) is 0 Å². The van der Waals surface area contributed by atoms with Gasteiger partial charge in [-0.05, 0) is 36.4 Å². The fourth-order valence-corrected chi connectivity index (χ4v) is 1.94. The van der Waals surface area contributed by atoms with E-state index < -0.39 is 0 Å². The van der Waals surface area contributed by atoms with E-state index in [1.807, 2.05) is 0 Å². The van der Waals surface area contributed by atoms with Crippen LogP contribution in [0.2, 0.25) is 0 Å². The maximum absolute atomic E-state index is 12.9. The number of rotatable bonds is 4. The van der Waals surface area contributed by atoms with Crippen molar-refractivity contribution in [2.75, 3.05) is 26.2 Å². The molecular formula is C16H16FNO3. The summed E-state index contributed by atoms with van der Waals surface area (Å²) in [5.74, 6) is 0.514. The summed E-state index contributed by atoms with van der Waals surface area (Å²) in [6.07, 6.45) is 0. The van der Waals surface area contributed by atoms with Crippen LogP contribution in [0, 0.1) is 5.82 Å². The van der Waals surface area contributed by atoms with E-state index in [4.69, 9.17) is 9.47 Å². The lowest BCUT2D eigenvalue weighted by atomic mass is 10.2. The minimum atomic E-state index is -0.375. The molecule has 2 rings (SSSR count). The maximum Gasteiger partial charge on any atom is 0.258 e. The van der Waals surface area contributed by atoms with Crippen molar-refractivity contribution in [2.45, 2.75) is 0 Å². The molecule has 0 aliphatic heterocycles. The number of carbonyl (C=O) groups is 1. The first kappa shape index (κ1) is 14.8. The Kier molecular flexibility index (Phi) is 4.42. The zero-order chi connectivity index (χ0) is 15.4. The van der Waals surface area contributed by atoms with Crippen molar-refractivity contribution < 1.29 is 18.7 Å². The second-order valence-electron chi connectivity index (χ2n) is 4.41. The van der Waals surface area contributed by atoms with Crippen LogP contribution in [0.25, 0.3) is 0 Å². The second kappa shape index (κ2) is 6.26. The van der Waals surface area contributed by atoms with Gasteiger partial charge >= 0.3 is 0 Å². The summed E-state index contributed by atoms with van der Waals surface area (Å²) in [6, 6.07) is 10.6. The molecule has 0 atom stereocenters. The monoisotopic (exact) mass is 289 g/mol. The van der Waals surface area contributed by atoms with Crippen molar-refractivity contribution in [3.05, 3.63) is 53.8 Å². The van der Waals surface area contributed by atoms with Crippen molar-refractivity contribution in [3.8, 4) is 11.5 Å². The third-order valence-corrected chi connectivity index (χ3v) is 3.15. The SMILES string of the molecule is COc1ccc(N(C)C(=O)c2ccc(F)cc2)cc1OC. The number of methoxy groups -OCH3 is 2. The van der Waals surface area contributed by atoms with Gasteiger partial charge in [0.05, 0.1) is 14.2 Å². The van der Waals surface area contributed by atoms with E-state index in [0.717, 1.165) is 0 Å². The van der Waals surface area contributed by atoms with Crippen LogP contribution in [0.15, 0.2) is 42.5 Å². The number of amides is 1. The highest BCUT2D eigenvalue weighted by atomic mass is 19.1. The van der Waals surface area contributed by atoms with Crippen LogP contribution in [0.3, 0.4) is 0 Å². The fourth-order valence-electron chi connectivity index (χ4n) is 1.94. The summed E-state index contributed by atoms with van der Waals surface area (Å²) < 4.78 is 23.3. The third-order valence-electron chi connectivity index (χ3n) is 3.15. The molecule has 4 nitrogen and oxygen atoms in total. The first-order valence-corrected chi connectivity index (χ1v) is 6.32. The van der Waals surface area contributed by atoms with Crippen molar-refractivity contribution >= 4 is 11.6 Å². The Labute approximate surface area is 122 Å². The quantitative estimate of drug-likeness (QED) is 0.868. The first-order chi connectivity index (χ1) is 10.1. The standard InChI is InChI=1S/C16H16FNO3/c1-18(16(19)11-4-6-12(17)7-5-11)13-8-9-14(20-2)15(10-13)21-3/h4-10H,1-3H3. The van der Waals surface area contributed by atoms with Crippen LogP contribution in [0.4, 0.5) is 10.1 Å². The predicted octanol–water partition coefficient (Wildman–Crippen LogP) is 3.12. The van der Waals surface area contributed by atoms with Crippen LogP contribution in [0.5, 0.6) is 11.5 Å². The molecular weight excluding hydrogens is 273 g/mol. The molecule has 0 N–H and O–H groups in total. The van der Waals surface area contributed by atoms with Crippen molar-refractivity contribution in [3.63, 3.8) is 0 Å². The van der Waals surface area contributed by atoms with Crippen LogP contribution < -0.4 is 14.4 Å². The highest BCUT2D eigenvalue weighted by Gasteiger charge is 2.15. The van der Waals surface area contributed by atoms with Gasteiger partial charge in [-0.3, -0.25) is 4.79 Å². The molecule has 0 saturated heterocycles. The molecule has 5 heteroatoms. The summed E-state index contributed by atoms with van der Waals surface area (Å²) in [6.45, 7) is 0. The van der Waals surface area contributed by atoms with Gasteiger partial charge < -0.3 is 14.4 Å². The number of halogens is 1. The summed E-state index contributed by atoms with van der Waals surface area (Å²) >= 11 is 0. The van der Waals surface area contributed by atoms with E-state index in [0.29, 0.717) is 22.7 Å². The van der Waals surface area contributed by atoms with E-state index in [1.54, 1.807) is 32.4 Å². The van der Waals surface area contributed by atoms with E-state index in [9.17, 15) is 9.18 Å². The molecule has 0 spiro atoms. The second-order valence-corrected chi connectivity index (χ2v) is 4.41. The normalized spacial score (nSPS) is 10.1. The average Bonchev–Trinajstić information content (AvgIpc) is 2.53. The summed E-state index contributed by atoms with van der Waals surface area (Å²) in [5.41, 5.74) is 1.07. The maximum atomic E-state index is 12.9. The molecule has 1 amide bonds. The van der Waals surface area contributed by atoms with E-state index >= 15 is 0 Å². The number of hydrogen-bond donors (Lipinski definition) is 0. The Morgan fingerprint density at radius 2 is 1.62 bits per heavy atom. The van der Waals surface area contributed by atoms with Gasteiger partial charge in [-0.25, -0.2) is 4.39 Å². The third kappa shape index (κ3) is 3.13. The molecule has 0 bridgehead atoms. The van der Waals surface area contributed by atoms with Gasteiger partial charge in [-0.15, -0.1) is 0 Å². The molecule has 110 valence electrons. The summed E-state index contributed by atoms with van der Waals surface area (Å²) in [7, 11) is 4.72. The molecule has 0 unspecified atom stereocenters. The van der Waals surface area contributed by atoms with Crippen molar-refractivity contribution in [2.24, 2.45) is 0 Å². The zero-order valence-electron chi connectivity index (χ0n) is 12.1. The largest absolute Gasteiger partial charge is 0.493 e. The van der Waals surface area contributed by atoms with Gasteiger partial charge in [0.25, 0.3) is 5.91 Å². The predicted molar refractivity (Wildman–Crippen MR) is 78.7 cm³/mol. The Morgan fingerprint density at radius 1 is 1.00 bits per heavy atom. The lowest BCUT2D eigenvalue weighted by molar-refractivity contribution is 0.0993. The van der Waals surface area contributed by atoms with Gasteiger partial charge in [0.2, 0.25) is 0 Å². The van der Waals surface area contributed by atoms with E-state index in [-0.39, 0.29) is 11.7 Å². The Morgan fingerprint density at radius 3 is 2.19 bits per heavy atom. The van der Waals surface area contributed by atoms with Gasteiger partial charge in [0.1, 0.15) is 5.82 Å². The molecule has 2 aromatic rings. The van der Waals surface area contributed by atoms with Crippen LogP contribution in [-0.2, 0) is 0 Å². The highest BCUT2D eigenvalue weighted by molar-refractivity contribution is 6.05. The van der Waals surface area contributed by atoms with E-state index in [1.165, 1.54) is 36.3 Å². The summed E-state index contributed by atoms with van der Waals surface area (Å²) in [5, 5.41) is 0. The molecule has 0 saturated carbocycles. The Hall–Kier alpha value is -2.56. The molecule has 21 heavy (non-hydrogen) atoms. The Balaban J connectivity index is 2.28. The zero-order valence-corrected chi connectivity index (χ0v) is 12.1. The molecule has 0 aromatic heterocycles. The first-order valence-electron chi connectivity index (χ1n) is 6.32. The molecule has 2 aromatic carbocycles. The van der Waals surface area contributed by atoms with Gasteiger partial charge in [0.15, 0.2) is 11.5 Å². The highest BCUT2D eigenvalue weighted by Crippen LogP contribution is 2.31. The number of hydrogen-bond acceptors (Lipinski definition) is 3. The topological polar surface area (TPSA) is 38.8 Å². The number of benzene rings is 2. The Bertz CT molecular complexity index is 640. The minimum Gasteiger partial charge on any atom is -0.493 e. The minimum absolute atomic E-state index is 0.234. The van der Waals surface area contributed by atoms with Crippen molar-refractivity contribution in [1.82, 2.24) is 0 Å². The number of anilines is 1. The lowest BCUT2D eigenvalue weighted by Gasteiger charge is -2.19. The van der Waals surface area contributed by atoms with Gasteiger partial charge in [0, 0.05) is 24.4 Å². The number of ether oxygens (including phenoxy) is 2. The lowest BCUT2D eigenvalue weighted by Crippen LogP contribution is -2.26. The van der Waals surface area contributed by atoms with Crippen LogP contribution in [0.1, 0.15) is 10.4 Å².